The molecule has 254 valence electrons. The second-order valence-electron chi connectivity index (χ2n) is 15.2. The standard InChI is InChI=1S/C31H54BN5O8/c1-19(2)15-25(32-44-24-18-21-17-23(30(21,6)7)31(24,8)45-32)35-27(40)20(11-10-14-34-28(33)36-37(41)42)16-22(38)12-9-13-26(39)43-29(3,4)5/h19-21,23-25H,9-18H2,1-8H3,(H,35,40)(H3,33,34,36)/t20-,21-,23-,24-,25+,31+/m1/s1. The molecule has 1 aliphatic heterocycles. The molecule has 13 nitrogen and oxygen atoms in total. The van der Waals surface area contributed by atoms with Crippen molar-refractivity contribution in [2.75, 3.05) is 6.54 Å². The number of rotatable bonds is 16. The summed E-state index contributed by atoms with van der Waals surface area (Å²) >= 11 is 0. The van der Waals surface area contributed by atoms with Gasteiger partial charge in [-0.05, 0) is 89.4 Å². The highest BCUT2D eigenvalue weighted by molar-refractivity contribution is 6.47. The van der Waals surface area contributed by atoms with Gasteiger partial charge in [-0.15, -0.1) is 0 Å². The van der Waals surface area contributed by atoms with Crippen molar-refractivity contribution < 1.29 is 33.5 Å². The third-order valence-corrected chi connectivity index (χ3v) is 9.65. The molecular weight excluding hydrogens is 581 g/mol. The van der Waals surface area contributed by atoms with E-state index in [-0.39, 0.29) is 66.9 Å². The summed E-state index contributed by atoms with van der Waals surface area (Å²) in [6, 6.07) is 0. The number of nitrogens with zero attached hydrogens (tertiary/aromatic N) is 2. The lowest BCUT2D eigenvalue weighted by Gasteiger charge is -2.64. The van der Waals surface area contributed by atoms with Crippen LogP contribution in [0.5, 0.6) is 0 Å². The summed E-state index contributed by atoms with van der Waals surface area (Å²) in [5.74, 6) is -0.939. The minimum absolute atomic E-state index is 0.00837. The number of carbonyl (C=O) groups is 3. The van der Waals surface area contributed by atoms with Crippen LogP contribution in [0.3, 0.4) is 0 Å². The Morgan fingerprint density at radius 2 is 1.84 bits per heavy atom. The van der Waals surface area contributed by atoms with Crippen molar-refractivity contribution in [1.29, 1.82) is 0 Å². The van der Waals surface area contributed by atoms with Crippen LogP contribution in [0, 0.1) is 39.2 Å². The average Bonchev–Trinajstić information content (AvgIpc) is 3.25. The molecule has 1 heterocycles. The highest BCUT2D eigenvalue weighted by Gasteiger charge is 2.68. The van der Waals surface area contributed by atoms with Crippen LogP contribution < -0.4 is 16.5 Å². The van der Waals surface area contributed by atoms with E-state index in [0.29, 0.717) is 37.5 Å². The number of aliphatic imine (C=N–C) groups is 1. The maximum Gasteiger partial charge on any atom is 0.481 e. The first-order chi connectivity index (χ1) is 20.8. The van der Waals surface area contributed by atoms with E-state index in [0.717, 1.165) is 12.8 Å². The van der Waals surface area contributed by atoms with Gasteiger partial charge in [-0.25, -0.2) is 15.1 Å². The molecule has 0 aromatic rings. The van der Waals surface area contributed by atoms with Crippen molar-refractivity contribution in [3.8, 4) is 0 Å². The SMILES string of the molecule is CC(C)C[C@H](NC(=O)[C@H](CCCN=C(N)N[N+](=O)[O-])CC(=O)CCCC(=O)OC(C)(C)C)B1O[C@@H]2C[C@H]3C[C@H](C3(C)C)[C@]2(C)O1. The highest BCUT2D eigenvalue weighted by atomic mass is 16.7. The lowest BCUT2D eigenvalue weighted by molar-refractivity contribution is -0.525. The summed E-state index contributed by atoms with van der Waals surface area (Å²) in [7, 11) is -0.593. The van der Waals surface area contributed by atoms with Crippen molar-refractivity contribution in [3.63, 3.8) is 0 Å². The van der Waals surface area contributed by atoms with Crippen molar-refractivity contribution in [2.45, 2.75) is 136 Å². The topological polar surface area (TPSA) is 184 Å². The molecule has 3 saturated carbocycles. The largest absolute Gasteiger partial charge is 0.481 e. The molecule has 45 heavy (non-hydrogen) atoms. The second-order valence-corrected chi connectivity index (χ2v) is 15.2. The van der Waals surface area contributed by atoms with Crippen molar-refractivity contribution in [2.24, 2.45) is 39.8 Å². The Morgan fingerprint density at radius 3 is 2.44 bits per heavy atom. The number of nitro groups is 1. The molecule has 1 amide bonds. The van der Waals surface area contributed by atoms with Crippen molar-refractivity contribution in [1.82, 2.24) is 10.7 Å². The Bertz CT molecular complexity index is 1130. The molecule has 0 radical (unpaired) electrons. The molecule has 2 bridgehead atoms. The molecule has 0 aromatic heterocycles. The lowest BCUT2D eigenvalue weighted by atomic mass is 9.43. The first-order valence-electron chi connectivity index (χ1n) is 16.4. The third kappa shape index (κ3) is 9.88. The van der Waals surface area contributed by atoms with Crippen LogP contribution in [-0.2, 0) is 28.4 Å². The quantitative estimate of drug-likeness (QED) is 0.0429. The van der Waals surface area contributed by atoms with Gasteiger partial charge in [-0.3, -0.25) is 14.4 Å². The van der Waals surface area contributed by atoms with Crippen LogP contribution in [0.4, 0.5) is 0 Å². The van der Waals surface area contributed by atoms with Gasteiger partial charge in [0.05, 0.1) is 17.6 Å². The molecule has 14 heteroatoms. The van der Waals surface area contributed by atoms with E-state index in [1.54, 1.807) is 26.2 Å². The van der Waals surface area contributed by atoms with Gasteiger partial charge in [-0.1, -0.05) is 33.1 Å². The van der Waals surface area contributed by atoms with Gasteiger partial charge in [0.25, 0.3) is 5.96 Å². The minimum atomic E-state index is -0.798. The summed E-state index contributed by atoms with van der Waals surface area (Å²) < 4.78 is 18.5. The molecule has 3 aliphatic carbocycles. The van der Waals surface area contributed by atoms with Crippen LogP contribution in [-0.4, -0.2) is 65.6 Å². The zero-order chi connectivity index (χ0) is 33.7. The number of guanidine groups is 1. The molecular formula is C31H54BN5O8. The number of hydrogen-bond donors (Lipinski definition) is 3. The molecule has 4 rings (SSSR count). The van der Waals surface area contributed by atoms with Crippen LogP contribution >= 0.6 is 0 Å². The van der Waals surface area contributed by atoms with Gasteiger partial charge < -0.3 is 25.1 Å². The molecule has 0 aromatic carbocycles. The average molecular weight is 636 g/mol. The Morgan fingerprint density at radius 1 is 1.16 bits per heavy atom. The molecule has 0 spiro atoms. The summed E-state index contributed by atoms with van der Waals surface area (Å²) in [5.41, 5.74) is 6.49. The number of nitrogens with two attached hydrogens (primary N) is 1. The van der Waals surface area contributed by atoms with E-state index >= 15 is 0 Å². The third-order valence-electron chi connectivity index (χ3n) is 9.65. The predicted molar refractivity (Wildman–Crippen MR) is 170 cm³/mol. The number of hydrogen-bond acceptors (Lipinski definition) is 9. The van der Waals surface area contributed by atoms with Gasteiger partial charge >= 0.3 is 13.1 Å². The van der Waals surface area contributed by atoms with Crippen LogP contribution in [0.1, 0.15) is 113 Å². The van der Waals surface area contributed by atoms with Crippen molar-refractivity contribution >= 4 is 30.7 Å². The van der Waals surface area contributed by atoms with Crippen LogP contribution in [0.2, 0.25) is 0 Å². The molecule has 4 fully saturated rings. The van der Waals surface area contributed by atoms with E-state index in [4.69, 9.17) is 19.8 Å². The van der Waals surface area contributed by atoms with Gasteiger partial charge in [0.15, 0.2) is 5.03 Å². The van der Waals surface area contributed by atoms with E-state index in [1.807, 2.05) is 0 Å². The lowest BCUT2D eigenvalue weighted by Crippen LogP contribution is -2.65. The van der Waals surface area contributed by atoms with Crippen molar-refractivity contribution in [3.05, 3.63) is 10.1 Å². The number of hydrazine groups is 1. The zero-order valence-electron chi connectivity index (χ0n) is 28.4. The van der Waals surface area contributed by atoms with Gasteiger partial charge in [0.1, 0.15) is 11.4 Å². The second kappa shape index (κ2) is 14.8. The van der Waals surface area contributed by atoms with Gasteiger partial charge in [0.2, 0.25) is 5.91 Å². The fourth-order valence-electron chi connectivity index (χ4n) is 7.31. The maximum absolute atomic E-state index is 13.8. The number of Topliss-reactive ketones (excluding diaryl/α,β-unsaturated/α-hetero) is 1. The number of ether oxygens (including phenoxy) is 1. The number of esters is 1. The Hall–Kier alpha value is -2.74. The normalized spacial score (nSPS) is 26.8. The first kappa shape index (κ1) is 36.7. The summed E-state index contributed by atoms with van der Waals surface area (Å²) in [5, 5.41) is 13.0. The van der Waals surface area contributed by atoms with E-state index < -0.39 is 35.2 Å². The number of ketones is 1. The Kier molecular flexibility index (Phi) is 12.1. The zero-order valence-corrected chi connectivity index (χ0v) is 28.4. The number of carbonyl (C=O) groups excluding carboxylic acids is 3. The number of nitrogens with one attached hydrogen (secondary N) is 2. The number of amides is 1. The monoisotopic (exact) mass is 635 g/mol. The first-order valence-corrected chi connectivity index (χ1v) is 16.4. The molecule has 1 saturated heterocycles. The minimum Gasteiger partial charge on any atom is -0.460 e. The Balaban J connectivity index is 1.66. The molecule has 4 N–H and O–H groups in total. The predicted octanol–water partition coefficient (Wildman–Crippen LogP) is 3.75. The van der Waals surface area contributed by atoms with E-state index in [9.17, 15) is 24.5 Å². The van der Waals surface area contributed by atoms with Crippen LogP contribution in [0.15, 0.2) is 4.99 Å². The van der Waals surface area contributed by atoms with E-state index in [2.05, 4.69) is 44.9 Å². The molecule has 4 aliphatic rings. The Labute approximate surface area is 267 Å². The highest BCUT2D eigenvalue weighted by Crippen LogP contribution is 2.65. The summed E-state index contributed by atoms with van der Waals surface area (Å²) in [6.07, 6.45) is 3.95. The van der Waals surface area contributed by atoms with E-state index in [1.165, 1.54) is 0 Å². The van der Waals surface area contributed by atoms with Gasteiger partial charge in [-0.2, -0.15) is 0 Å². The summed E-state index contributed by atoms with van der Waals surface area (Å²) in [6.45, 7) is 16.4. The fraction of sp³-hybridized carbons (Fsp3) is 0.871. The maximum atomic E-state index is 13.8. The molecule has 6 atom stereocenters. The van der Waals surface area contributed by atoms with Crippen LogP contribution in [0.25, 0.3) is 0 Å². The van der Waals surface area contributed by atoms with Gasteiger partial charge in [0, 0.05) is 31.7 Å². The fourth-order valence-corrected chi connectivity index (χ4v) is 7.31. The smallest absolute Gasteiger partial charge is 0.460 e. The molecule has 0 unspecified atom stereocenters. The summed E-state index contributed by atoms with van der Waals surface area (Å²) in [4.78, 5) is 53.4.